The van der Waals surface area contributed by atoms with Crippen LogP contribution in [0.15, 0.2) is 53.7 Å². The number of halogens is 1. The number of nitrogens with one attached hydrogen (secondary N) is 2. The summed E-state index contributed by atoms with van der Waals surface area (Å²) in [5.74, 6) is 1.55. The number of ether oxygens (including phenoxy) is 1. The summed E-state index contributed by atoms with van der Waals surface area (Å²) >= 11 is 6.55. The molecule has 0 aliphatic carbocycles. The summed E-state index contributed by atoms with van der Waals surface area (Å²) in [5.41, 5.74) is 1.90. The number of fused-ring (bicyclic) bond motifs is 1. The second-order valence-corrected chi connectivity index (χ2v) is 7.60. The van der Waals surface area contributed by atoms with Crippen LogP contribution in [0.4, 0.5) is 0 Å². The first-order chi connectivity index (χ1) is 14.2. The van der Waals surface area contributed by atoms with E-state index in [4.69, 9.17) is 16.3 Å². The summed E-state index contributed by atoms with van der Waals surface area (Å²) in [5, 5.41) is 16.1. The highest BCUT2D eigenvalue weighted by molar-refractivity contribution is 6.31. The van der Waals surface area contributed by atoms with Crippen LogP contribution in [0.2, 0.25) is 5.02 Å². The molecule has 3 heterocycles. The van der Waals surface area contributed by atoms with Crippen molar-refractivity contribution in [2.75, 3.05) is 26.8 Å². The molecular formula is C21H25ClN6O. The predicted molar refractivity (Wildman–Crippen MR) is 114 cm³/mol. The molecule has 0 saturated carbocycles. The molecule has 3 aromatic rings. The van der Waals surface area contributed by atoms with Gasteiger partial charge in [0, 0.05) is 43.4 Å². The zero-order valence-electron chi connectivity index (χ0n) is 16.4. The molecule has 1 aromatic carbocycles. The van der Waals surface area contributed by atoms with Gasteiger partial charge < -0.3 is 15.4 Å². The second-order valence-electron chi connectivity index (χ2n) is 7.20. The lowest BCUT2D eigenvalue weighted by molar-refractivity contribution is 0.0514. The standard InChI is InChI=1S/C21H25ClN6O/c1-23-20(24-14-19-27-26-18-8-4-5-11-28(18)19)25-15-21(9-12-29-13-10-21)16-6-2-3-7-17(16)22/h2-8,11H,9-10,12-15H2,1H3,(H2,23,24,25). The van der Waals surface area contributed by atoms with Gasteiger partial charge in [0.2, 0.25) is 0 Å². The minimum atomic E-state index is -0.0875. The van der Waals surface area contributed by atoms with Crippen molar-refractivity contribution < 1.29 is 4.74 Å². The van der Waals surface area contributed by atoms with Crippen molar-refractivity contribution in [1.82, 2.24) is 25.2 Å². The van der Waals surface area contributed by atoms with Gasteiger partial charge in [-0.05, 0) is 36.6 Å². The van der Waals surface area contributed by atoms with Gasteiger partial charge in [0.25, 0.3) is 0 Å². The highest BCUT2D eigenvalue weighted by atomic mass is 35.5. The number of hydrogen-bond donors (Lipinski definition) is 2. The van der Waals surface area contributed by atoms with Gasteiger partial charge in [0.1, 0.15) is 0 Å². The molecule has 0 bridgehead atoms. The summed E-state index contributed by atoms with van der Waals surface area (Å²) in [6.45, 7) is 2.70. The fraction of sp³-hybridized carbons (Fsp3) is 0.381. The van der Waals surface area contributed by atoms with Gasteiger partial charge in [-0.15, -0.1) is 10.2 Å². The number of aliphatic imine (C=N–C) groups is 1. The molecule has 7 nitrogen and oxygen atoms in total. The first kappa shape index (κ1) is 19.7. The van der Waals surface area contributed by atoms with Crippen LogP contribution in [-0.2, 0) is 16.7 Å². The van der Waals surface area contributed by atoms with Gasteiger partial charge in [0.15, 0.2) is 17.4 Å². The Hall–Kier alpha value is -2.64. The van der Waals surface area contributed by atoms with Crippen molar-refractivity contribution in [3.63, 3.8) is 0 Å². The molecule has 1 fully saturated rings. The van der Waals surface area contributed by atoms with Crippen molar-refractivity contribution in [3.8, 4) is 0 Å². The van der Waals surface area contributed by atoms with Gasteiger partial charge in [-0.25, -0.2) is 0 Å². The lowest BCUT2D eigenvalue weighted by atomic mass is 9.74. The van der Waals surface area contributed by atoms with Gasteiger partial charge in [-0.2, -0.15) is 0 Å². The smallest absolute Gasteiger partial charge is 0.191 e. The number of hydrogen-bond acceptors (Lipinski definition) is 4. The van der Waals surface area contributed by atoms with E-state index < -0.39 is 0 Å². The molecule has 1 aliphatic rings. The molecule has 4 rings (SSSR count). The van der Waals surface area contributed by atoms with Crippen molar-refractivity contribution >= 4 is 23.2 Å². The highest BCUT2D eigenvalue weighted by Gasteiger charge is 2.36. The lowest BCUT2D eigenvalue weighted by Crippen LogP contribution is -2.48. The van der Waals surface area contributed by atoms with E-state index in [0.29, 0.717) is 6.54 Å². The Morgan fingerprint density at radius 2 is 1.93 bits per heavy atom. The van der Waals surface area contributed by atoms with Crippen LogP contribution >= 0.6 is 11.6 Å². The molecule has 1 saturated heterocycles. The Morgan fingerprint density at radius 1 is 1.14 bits per heavy atom. The minimum absolute atomic E-state index is 0.0875. The molecule has 0 spiro atoms. The average Bonchev–Trinajstić information content (AvgIpc) is 3.18. The SMILES string of the molecule is CN=C(NCc1nnc2ccccn12)NCC1(c2ccccc2Cl)CCOCC1. The fourth-order valence-corrected chi connectivity index (χ4v) is 4.18. The largest absolute Gasteiger partial charge is 0.381 e. The lowest BCUT2D eigenvalue weighted by Gasteiger charge is -2.38. The summed E-state index contributed by atoms with van der Waals surface area (Å²) in [7, 11) is 1.77. The molecule has 29 heavy (non-hydrogen) atoms. The molecular weight excluding hydrogens is 388 g/mol. The third kappa shape index (κ3) is 4.21. The van der Waals surface area contributed by atoms with Gasteiger partial charge in [0.05, 0.1) is 6.54 Å². The zero-order valence-corrected chi connectivity index (χ0v) is 17.2. The summed E-state index contributed by atoms with van der Waals surface area (Å²) < 4.78 is 7.58. The number of benzene rings is 1. The maximum absolute atomic E-state index is 6.55. The Labute approximate surface area is 175 Å². The number of rotatable bonds is 5. The van der Waals surface area contributed by atoms with Crippen molar-refractivity contribution in [2.45, 2.75) is 24.8 Å². The van der Waals surface area contributed by atoms with Crippen molar-refractivity contribution in [1.29, 1.82) is 0 Å². The van der Waals surface area contributed by atoms with Gasteiger partial charge in [-0.3, -0.25) is 9.39 Å². The molecule has 0 unspecified atom stereocenters. The maximum Gasteiger partial charge on any atom is 0.191 e. The van der Waals surface area contributed by atoms with Crippen LogP contribution in [0.25, 0.3) is 5.65 Å². The predicted octanol–water partition coefficient (Wildman–Crippen LogP) is 2.80. The van der Waals surface area contributed by atoms with E-state index in [-0.39, 0.29) is 5.41 Å². The quantitative estimate of drug-likeness (QED) is 0.498. The summed E-state index contributed by atoms with van der Waals surface area (Å²) in [6, 6.07) is 13.9. The first-order valence-corrected chi connectivity index (χ1v) is 10.2. The molecule has 0 atom stereocenters. The normalized spacial score (nSPS) is 16.7. The number of pyridine rings is 1. The third-order valence-electron chi connectivity index (χ3n) is 5.51. The Morgan fingerprint density at radius 3 is 2.72 bits per heavy atom. The summed E-state index contributed by atoms with van der Waals surface area (Å²) in [6.07, 6.45) is 3.78. The van der Waals surface area contributed by atoms with Crippen LogP contribution in [0.1, 0.15) is 24.2 Å². The summed E-state index contributed by atoms with van der Waals surface area (Å²) in [4.78, 5) is 4.37. The molecule has 8 heteroatoms. The van der Waals surface area contributed by atoms with Crippen molar-refractivity contribution in [3.05, 3.63) is 65.1 Å². The molecule has 0 radical (unpaired) electrons. The maximum atomic E-state index is 6.55. The van der Waals surface area contributed by atoms with E-state index in [1.807, 2.05) is 47.0 Å². The molecule has 2 aromatic heterocycles. The van der Waals surface area contributed by atoms with E-state index in [0.717, 1.165) is 60.6 Å². The van der Waals surface area contributed by atoms with E-state index in [1.165, 1.54) is 0 Å². The van der Waals surface area contributed by atoms with Crippen LogP contribution in [-0.4, -0.2) is 47.4 Å². The first-order valence-electron chi connectivity index (χ1n) is 9.78. The Kier molecular flexibility index (Phi) is 5.97. The fourth-order valence-electron chi connectivity index (χ4n) is 3.84. The third-order valence-corrected chi connectivity index (χ3v) is 5.84. The van der Waals surface area contributed by atoms with E-state index in [2.05, 4.69) is 31.9 Å². The van der Waals surface area contributed by atoms with Crippen LogP contribution in [0, 0.1) is 0 Å². The zero-order chi connectivity index (χ0) is 20.1. The minimum Gasteiger partial charge on any atom is -0.381 e. The topological polar surface area (TPSA) is 75.8 Å². The van der Waals surface area contributed by atoms with Gasteiger partial charge >= 0.3 is 0 Å². The number of nitrogens with zero attached hydrogens (tertiary/aromatic N) is 4. The van der Waals surface area contributed by atoms with Crippen LogP contribution in [0.3, 0.4) is 0 Å². The molecule has 1 aliphatic heterocycles. The van der Waals surface area contributed by atoms with E-state index >= 15 is 0 Å². The second kappa shape index (κ2) is 8.80. The highest BCUT2D eigenvalue weighted by Crippen LogP contribution is 2.38. The molecule has 0 amide bonds. The number of guanidine groups is 1. The van der Waals surface area contributed by atoms with Crippen LogP contribution < -0.4 is 10.6 Å². The van der Waals surface area contributed by atoms with E-state index in [9.17, 15) is 0 Å². The molecule has 2 N–H and O–H groups in total. The van der Waals surface area contributed by atoms with E-state index in [1.54, 1.807) is 7.05 Å². The van der Waals surface area contributed by atoms with Gasteiger partial charge in [-0.1, -0.05) is 35.9 Å². The average molecular weight is 413 g/mol. The molecule has 152 valence electrons. The Bertz CT molecular complexity index is 996. The van der Waals surface area contributed by atoms with Crippen molar-refractivity contribution in [2.24, 2.45) is 4.99 Å². The monoisotopic (exact) mass is 412 g/mol. The van der Waals surface area contributed by atoms with Crippen LogP contribution in [0.5, 0.6) is 0 Å². The number of aromatic nitrogens is 3. The Balaban J connectivity index is 1.45.